The van der Waals surface area contributed by atoms with Crippen molar-refractivity contribution in [1.82, 2.24) is 5.01 Å². The lowest BCUT2D eigenvalue weighted by molar-refractivity contribution is -0.138. The monoisotopic (exact) mass is 799 g/mol. The number of anilines is 2. The van der Waals surface area contributed by atoms with E-state index in [1.165, 1.54) is 25.0 Å². The van der Waals surface area contributed by atoms with E-state index in [1.54, 1.807) is 72.8 Å². The zero-order chi connectivity index (χ0) is 39.9. The molecule has 6 unspecified atom stereocenters. The number of phenols is 1. The normalized spacial score (nSPS) is 25.3. The summed E-state index contributed by atoms with van der Waals surface area (Å²) in [4.78, 5) is 72.9. The Bertz CT molecular complexity index is 2590. The molecule has 10 nitrogen and oxygen atoms in total. The number of hydrazine groups is 1. The number of imide groups is 2. The Morgan fingerprint density at radius 3 is 2.30 bits per heavy atom. The number of ketones is 1. The summed E-state index contributed by atoms with van der Waals surface area (Å²) in [5.74, 6) is -5.94. The van der Waals surface area contributed by atoms with Gasteiger partial charge in [-0.25, -0.2) is 0 Å². The van der Waals surface area contributed by atoms with Gasteiger partial charge in [0, 0.05) is 22.1 Å². The summed E-state index contributed by atoms with van der Waals surface area (Å²) >= 11 is 12.8. The lowest BCUT2D eigenvalue weighted by atomic mass is 9.48. The van der Waals surface area contributed by atoms with Crippen LogP contribution in [0.15, 0.2) is 115 Å². The van der Waals surface area contributed by atoms with Gasteiger partial charge in [0.2, 0.25) is 11.8 Å². The van der Waals surface area contributed by atoms with E-state index in [0.29, 0.717) is 44.1 Å². The van der Waals surface area contributed by atoms with Crippen molar-refractivity contribution in [2.75, 3.05) is 17.4 Å². The average molecular weight is 801 g/mol. The molecule has 1 saturated carbocycles. The molecule has 0 bridgehead atoms. The number of aromatic hydroxyl groups is 1. The first-order valence-electron chi connectivity index (χ1n) is 18.6. The number of ether oxygens (including phenoxy) is 1. The maximum atomic E-state index is 15.7. The van der Waals surface area contributed by atoms with Gasteiger partial charge in [0.15, 0.2) is 5.78 Å². The number of hydrogen-bond acceptors (Lipinski definition) is 8. The van der Waals surface area contributed by atoms with Gasteiger partial charge in [-0.2, -0.15) is 5.01 Å². The summed E-state index contributed by atoms with van der Waals surface area (Å²) in [6.45, 7) is 1.44. The Kier molecular flexibility index (Phi) is 8.75. The number of halogens is 2. The van der Waals surface area contributed by atoms with Crippen molar-refractivity contribution in [3.05, 3.63) is 142 Å². The van der Waals surface area contributed by atoms with Gasteiger partial charge in [-0.3, -0.25) is 34.3 Å². The third kappa shape index (κ3) is 5.41. The van der Waals surface area contributed by atoms with Gasteiger partial charge in [0.1, 0.15) is 11.5 Å². The zero-order valence-electron chi connectivity index (χ0n) is 30.7. The Labute approximate surface area is 337 Å². The molecule has 9 rings (SSSR count). The number of fused-ring (bicyclic) bond motifs is 5. The molecule has 0 spiro atoms. The number of rotatable bonds is 7. The molecule has 2 N–H and O–H groups in total. The quantitative estimate of drug-likeness (QED) is 0.0956. The number of allylic oxidation sites excluding steroid dienone is 2. The van der Waals surface area contributed by atoms with Crippen LogP contribution in [0.5, 0.6) is 11.5 Å². The Morgan fingerprint density at radius 2 is 1.60 bits per heavy atom. The van der Waals surface area contributed by atoms with Crippen molar-refractivity contribution >= 4 is 74.8 Å². The number of phenolic OH excluding ortho intramolecular Hbond substituents is 1. The topological polar surface area (TPSA) is 133 Å². The molecule has 2 heterocycles. The van der Waals surface area contributed by atoms with Crippen molar-refractivity contribution < 1.29 is 33.8 Å². The molecule has 6 atom stereocenters. The minimum Gasteiger partial charge on any atom is -0.508 e. The van der Waals surface area contributed by atoms with Gasteiger partial charge in [-0.05, 0) is 103 Å². The third-order valence-corrected chi connectivity index (χ3v) is 12.9. The van der Waals surface area contributed by atoms with Crippen LogP contribution >= 0.6 is 23.2 Å². The molecule has 4 amide bonds. The van der Waals surface area contributed by atoms with Crippen LogP contribution in [0.4, 0.5) is 11.4 Å². The maximum Gasteiger partial charge on any atom is 0.260 e. The lowest BCUT2D eigenvalue weighted by Crippen LogP contribution is -2.53. The van der Waals surface area contributed by atoms with Gasteiger partial charge in [0.25, 0.3) is 11.8 Å². The van der Waals surface area contributed by atoms with Gasteiger partial charge >= 0.3 is 0 Å². The van der Waals surface area contributed by atoms with Crippen molar-refractivity contribution in [3.8, 4) is 11.5 Å². The van der Waals surface area contributed by atoms with E-state index in [2.05, 4.69) is 5.43 Å². The molecule has 2 aliphatic heterocycles. The highest BCUT2D eigenvalue weighted by Crippen LogP contribution is 2.65. The van der Waals surface area contributed by atoms with E-state index < -0.39 is 52.7 Å². The van der Waals surface area contributed by atoms with Gasteiger partial charge in [0.05, 0.1) is 46.7 Å². The van der Waals surface area contributed by atoms with Crippen LogP contribution in [0.25, 0.3) is 10.8 Å². The highest BCUT2D eigenvalue weighted by atomic mass is 35.5. The summed E-state index contributed by atoms with van der Waals surface area (Å²) in [7, 11) is 1.54. The van der Waals surface area contributed by atoms with Crippen LogP contribution in [0.2, 0.25) is 10.0 Å². The lowest BCUT2D eigenvalue weighted by Gasteiger charge is -2.51. The van der Waals surface area contributed by atoms with Crippen molar-refractivity contribution in [1.29, 1.82) is 0 Å². The Morgan fingerprint density at radius 1 is 0.860 bits per heavy atom. The number of Topliss-reactive ketones (excluding diaryl/α,β-unsaturated/α-hetero) is 1. The first-order chi connectivity index (χ1) is 27.4. The Balaban J connectivity index is 1.27. The summed E-state index contributed by atoms with van der Waals surface area (Å²) < 4.78 is 5.50. The van der Waals surface area contributed by atoms with Crippen LogP contribution < -0.4 is 15.1 Å². The molecule has 286 valence electrons. The zero-order valence-corrected chi connectivity index (χ0v) is 32.3. The van der Waals surface area contributed by atoms with E-state index in [9.17, 15) is 19.5 Å². The molecule has 2 saturated heterocycles. The number of amides is 4. The van der Waals surface area contributed by atoms with Gasteiger partial charge in [-0.15, -0.1) is 0 Å². The number of methoxy groups -OCH3 is 1. The fourth-order valence-electron chi connectivity index (χ4n) is 9.84. The van der Waals surface area contributed by atoms with Gasteiger partial charge < -0.3 is 9.84 Å². The van der Waals surface area contributed by atoms with Gasteiger partial charge in [-0.1, -0.05) is 77.3 Å². The van der Waals surface area contributed by atoms with Crippen molar-refractivity contribution in [2.45, 2.75) is 31.1 Å². The summed E-state index contributed by atoms with van der Waals surface area (Å²) in [5.41, 5.74) is 4.05. The standard InChI is InChI=1S/C45H35Cl2N3O7/c1-23(51)24-7-13-28(14-8-24)49-41(53)32-18-17-31-33(38(32)43(49)55)22-34-42(54)50(48-36-19-12-27(46)21-35(36)47)44(56)45(34,26-10-15-29(57-2)16-11-26)40(31)39-30-6-4-3-5-25(30)9-20-37(39)52/h3-17,19-21,32-34,38,40,48,52H,18,22H2,1-2H3. The van der Waals surface area contributed by atoms with Crippen LogP contribution in [0.1, 0.15) is 47.2 Å². The number of nitrogens with zero attached hydrogens (tertiary/aromatic N) is 2. The summed E-state index contributed by atoms with van der Waals surface area (Å²) in [5, 5.41) is 15.0. The van der Waals surface area contributed by atoms with Crippen molar-refractivity contribution in [3.63, 3.8) is 0 Å². The number of carbonyl (C=O) groups excluding carboxylic acids is 5. The maximum absolute atomic E-state index is 15.7. The highest BCUT2D eigenvalue weighted by molar-refractivity contribution is 6.36. The SMILES string of the molecule is COc1ccc(C23C(=O)N(Nc4ccc(Cl)cc4Cl)C(=O)C2CC2C(=CCC4C(=O)N(c5ccc(C(C)=O)cc5)C(=O)C42)C3c2c(O)ccc3ccccc23)cc1. The number of hydrogen-bond donors (Lipinski definition) is 2. The van der Waals surface area contributed by atoms with Crippen LogP contribution in [0, 0.1) is 23.7 Å². The minimum atomic E-state index is -1.65. The van der Waals surface area contributed by atoms with E-state index in [4.69, 9.17) is 27.9 Å². The first kappa shape index (κ1) is 36.7. The third-order valence-electron chi connectivity index (χ3n) is 12.3. The predicted octanol–water partition coefficient (Wildman–Crippen LogP) is 8.25. The van der Waals surface area contributed by atoms with Crippen LogP contribution in [-0.4, -0.2) is 46.6 Å². The highest BCUT2D eigenvalue weighted by Gasteiger charge is 2.71. The summed E-state index contributed by atoms with van der Waals surface area (Å²) in [6, 6.07) is 28.9. The average Bonchev–Trinajstić information content (AvgIpc) is 3.59. The summed E-state index contributed by atoms with van der Waals surface area (Å²) in [6.07, 6.45) is 2.18. The largest absolute Gasteiger partial charge is 0.508 e. The smallest absolute Gasteiger partial charge is 0.260 e. The number of benzene rings is 5. The molecule has 4 aliphatic rings. The fourth-order valence-corrected chi connectivity index (χ4v) is 10.3. The first-order valence-corrected chi connectivity index (χ1v) is 19.3. The van der Waals surface area contributed by atoms with E-state index in [1.807, 2.05) is 30.3 Å². The van der Waals surface area contributed by atoms with E-state index in [0.717, 1.165) is 10.4 Å². The second-order valence-electron chi connectivity index (χ2n) is 15.0. The van der Waals surface area contributed by atoms with E-state index in [-0.39, 0.29) is 41.0 Å². The molecule has 3 fully saturated rings. The fraction of sp³-hybridized carbons (Fsp3) is 0.222. The Hall–Kier alpha value is -5.97. The molecule has 0 radical (unpaired) electrons. The molecule has 5 aromatic rings. The minimum absolute atomic E-state index is 0.0499. The van der Waals surface area contributed by atoms with Crippen LogP contribution in [0.3, 0.4) is 0 Å². The van der Waals surface area contributed by atoms with Crippen LogP contribution in [-0.2, 0) is 24.6 Å². The predicted molar refractivity (Wildman–Crippen MR) is 215 cm³/mol. The molecular weight excluding hydrogens is 765 g/mol. The molecule has 5 aromatic carbocycles. The second-order valence-corrected chi connectivity index (χ2v) is 15.9. The second kappa shape index (κ2) is 13.6. The molecule has 0 aromatic heterocycles. The number of carbonyl (C=O) groups is 5. The molecule has 12 heteroatoms. The molecule has 57 heavy (non-hydrogen) atoms. The molecular formula is C45H35Cl2N3O7. The van der Waals surface area contributed by atoms with E-state index >= 15 is 9.59 Å². The number of nitrogens with one attached hydrogen (secondary N) is 1. The van der Waals surface area contributed by atoms with Crippen molar-refractivity contribution in [2.24, 2.45) is 23.7 Å². The molecule has 2 aliphatic carbocycles.